The molecule has 1 heterocycles. The molecule has 2 aromatic carbocycles. The average molecular weight is 352 g/mol. The van der Waals surface area contributed by atoms with Gasteiger partial charge in [-0.25, -0.2) is 0 Å². The van der Waals surface area contributed by atoms with E-state index in [2.05, 4.69) is 10.5 Å². The second-order valence-electron chi connectivity index (χ2n) is 5.65. The summed E-state index contributed by atoms with van der Waals surface area (Å²) in [7, 11) is 3.24. The molecule has 0 aliphatic heterocycles. The van der Waals surface area contributed by atoms with E-state index in [4.69, 9.17) is 14.0 Å². The van der Waals surface area contributed by atoms with E-state index in [9.17, 15) is 4.79 Å². The molecule has 6 nitrogen and oxygen atoms in total. The smallest absolute Gasteiger partial charge is 0.256 e. The summed E-state index contributed by atoms with van der Waals surface area (Å²) >= 11 is 0. The molecule has 3 aromatic rings. The molecule has 0 aliphatic carbocycles. The van der Waals surface area contributed by atoms with Crippen molar-refractivity contribution in [1.82, 2.24) is 10.5 Å². The number of carbonyl (C=O) groups is 1. The lowest BCUT2D eigenvalue weighted by atomic mass is 10.1. The van der Waals surface area contributed by atoms with Crippen molar-refractivity contribution in [3.8, 4) is 22.8 Å². The van der Waals surface area contributed by atoms with Crippen molar-refractivity contribution in [1.29, 1.82) is 0 Å². The third-order valence-electron chi connectivity index (χ3n) is 4.03. The van der Waals surface area contributed by atoms with Crippen LogP contribution in [0.4, 0.5) is 0 Å². The highest BCUT2D eigenvalue weighted by molar-refractivity contribution is 5.99. The highest BCUT2D eigenvalue weighted by Crippen LogP contribution is 2.25. The minimum absolute atomic E-state index is 0.217. The largest absolute Gasteiger partial charge is 0.497 e. The van der Waals surface area contributed by atoms with E-state index >= 15 is 0 Å². The first-order valence-corrected chi connectivity index (χ1v) is 8.21. The fourth-order valence-corrected chi connectivity index (χ4v) is 2.56. The van der Waals surface area contributed by atoms with E-state index in [-0.39, 0.29) is 5.91 Å². The summed E-state index contributed by atoms with van der Waals surface area (Å²) in [6.45, 7) is 0.512. The Kier molecular flexibility index (Phi) is 5.53. The molecule has 0 atom stereocenters. The Morgan fingerprint density at radius 1 is 1.00 bits per heavy atom. The normalized spacial score (nSPS) is 10.4. The Labute approximate surface area is 151 Å². The first kappa shape index (κ1) is 17.5. The number of carbonyl (C=O) groups excluding carboxylic acids is 1. The van der Waals surface area contributed by atoms with Gasteiger partial charge in [0.1, 0.15) is 17.1 Å². The van der Waals surface area contributed by atoms with Crippen molar-refractivity contribution in [3.63, 3.8) is 0 Å². The van der Waals surface area contributed by atoms with Gasteiger partial charge in [-0.05, 0) is 48.4 Å². The Hall–Kier alpha value is -3.28. The number of ether oxygens (including phenoxy) is 2. The van der Waals surface area contributed by atoms with Crippen LogP contribution in [0, 0.1) is 0 Å². The number of amides is 1. The topological polar surface area (TPSA) is 73.6 Å². The van der Waals surface area contributed by atoms with Gasteiger partial charge < -0.3 is 19.3 Å². The summed E-state index contributed by atoms with van der Waals surface area (Å²) in [5.74, 6) is 1.77. The Bertz CT molecular complexity index is 854. The van der Waals surface area contributed by atoms with E-state index < -0.39 is 0 Å². The molecule has 1 N–H and O–H groups in total. The van der Waals surface area contributed by atoms with E-state index in [1.54, 1.807) is 14.2 Å². The van der Waals surface area contributed by atoms with E-state index in [0.717, 1.165) is 29.0 Å². The fourth-order valence-electron chi connectivity index (χ4n) is 2.56. The Morgan fingerprint density at radius 3 is 2.23 bits per heavy atom. The molecule has 134 valence electrons. The van der Waals surface area contributed by atoms with Crippen LogP contribution in [-0.4, -0.2) is 31.8 Å². The molecular formula is C20H20N2O4. The maximum Gasteiger partial charge on any atom is 0.256 e. The summed E-state index contributed by atoms with van der Waals surface area (Å²) < 4.78 is 15.5. The third kappa shape index (κ3) is 4.03. The molecule has 0 saturated carbocycles. The van der Waals surface area contributed by atoms with E-state index in [1.165, 1.54) is 6.20 Å². The second-order valence-corrected chi connectivity index (χ2v) is 5.65. The summed E-state index contributed by atoms with van der Waals surface area (Å²) in [6, 6.07) is 15.0. The molecule has 3 rings (SSSR count). The van der Waals surface area contributed by atoms with Gasteiger partial charge in [-0.1, -0.05) is 17.3 Å². The Balaban J connectivity index is 1.62. The van der Waals surface area contributed by atoms with Crippen molar-refractivity contribution in [2.45, 2.75) is 6.42 Å². The second kappa shape index (κ2) is 8.20. The van der Waals surface area contributed by atoms with Crippen LogP contribution in [0.25, 0.3) is 11.3 Å². The van der Waals surface area contributed by atoms with Crippen LogP contribution < -0.4 is 14.8 Å². The molecule has 0 radical (unpaired) electrons. The van der Waals surface area contributed by atoms with Gasteiger partial charge in [0.15, 0.2) is 5.76 Å². The predicted octanol–water partition coefficient (Wildman–Crippen LogP) is 3.33. The molecule has 0 unspecified atom stereocenters. The lowest BCUT2D eigenvalue weighted by molar-refractivity contribution is 0.0954. The summed E-state index contributed by atoms with van der Waals surface area (Å²) in [5.41, 5.74) is 2.29. The molecule has 0 bridgehead atoms. The average Bonchev–Trinajstić information content (AvgIpc) is 3.18. The fraction of sp³-hybridized carbons (Fsp3) is 0.200. The lowest BCUT2D eigenvalue weighted by Gasteiger charge is -2.06. The van der Waals surface area contributed by atoms with E-state index in [1.807, 2.05) is 48.5 Å². The molecule has 1 aromatic heterocycles. The molecular weight excluding hydrogens is 332 g/mol. The van der Waals surface area contributed by atoms with Gasteiger partial charge >= 0.3 is 0 Å². The van der Waals surface area contributed by atoms with Gasteiger partial charge in [-0.15, -0.1) is 0 Å². The van der Waals surface area contributed by atoms with Gasteiger partial charge in [-0.3, -0.25) is 4.79 Å². The minimum Gasteiger partial charge on any atom is -0.497 e. The van der Waals surface area contributed by atoms with Crippen LogP contribution >= 0.6 is 0 Å². The van der Waals surface area contributed by atoms with Crippen LogP contribution in [0.5, 0.6) is 11.5 Å². The quantitative estimate of drug-likeness (QED) is 0.706. The van der Waals surface area contributed by atoms with Crippen molar-refractivity contribution < 1.29 is 18.8 Å². The first-order chi connectivity index (χ1) is 12.7. The van der Waals surface area contributed by atoms with Gasteiger partial charge in [0.2, 0.25) is 0 Å². The van der Waals surface area contributed by atoms with Crippen LogP contribution in [0.15, 0.2) is 59.3 Å². The molecule has 26 heavy (non-hydrogen) atoms. The van der Waals surface area contributed by atoms with Crippen LogP contribution in [0.1, 0.15) is 15.9 Å². The highest BCUT2D eigenvalue weighted by Gasteiger charge is 2.17. The third-order valence-corrected chi connectivity index (χ3v) is 4.03. The molecule has 0 spiro atoms. The summed E-state index contributed by atoms with van der Waals surface area (Å²) in [6.07, 6.45) is 2.15. The van der Waals surface area contributed by atoms with Crippen LogP contribution in [0.2, 0.25) is 0 Å². The van der Waals surface area contributed by atoms with Crippen LogP contribution in [-0.2, 0) is 6.42 Å². The number of rotatable bonds is 7. The monoisotopic (exact) mass is 352 g/mol. The zero-order valence-electron chi connectivity index (χ0n) is 14.7. The Morgan fingerprint density at radius 2 is 1.62 bits per heavy atom. The van der Waals surface area contributed by atoms with Crippen LogP contribution in [0.3, 0.4) is 0 Å². The predicted molar refractivity (Wildman–Crippen MR) is 97.5 cm³/mol. The van der Waals surface area contributed by atoms with Crippen molar-refractivity contribution in [2.75, 3.05) is 20.8 Å². The molecule has 6 heteroatoms. The molecule has 1 amide bonds. The number of benzene rings is 2. The zero-order valence-corrected chi connectivity index (χ0v) is 14.7. The standard InChI is InChI=1S/C20H20N2O4/c1-24-16-7-3-14(4-8-16)11-12-21-20(23)18-13-22-26-19(18)15-5-9-17(25-2)10-6-15/h3-10,13H,11-12H2,1-2H3,(H,21,23). The van der Waals surface area contributed by atoms with Gasteiger partial charge in [0.25, 0.3) is 5.91 Å². The number of nitrogens with zero attached hydrogens (tertiary/aromatic N) is 1. The van der Waals surface area contributed by atoms with Crippen molar-refractivity contribution in [3.05, 3.63) is 65.9 Å². The number of aromatic nitrogens is 1. The lowest BCUT2D eigenvalue weighted by Crippen LogP contribution is -2.25. The number of methoxy groups -OCH3 is 2. The van der Waals surface area contributed by atoms with Gasteiger partial charge in [0, 0.05) is 12.1 Å². The molecule has 0 fully saturated rings. The first-order valence-electron chi connectivity index (χ1n) is 8.21. The van der Waals surface area contributed by atoms with Gasteiger partial charge in [0.05, 0.1) is 20.4 Å². The summed E-state index contributed by atoms with van der Waals surface area (Å²) in [5, 5.41) is 6.67. The minimum atomic E-state index is -0.217. The molecule has 0 aliphatic rings. The van der Waals surface area contributed by atoms with Gasteiger partial charge in [-0.2, -0.15) is 0 Å². The van der Waals surface area contributed by atoms with Crippen molar-refractivity contribution >= 4 is 5.91 Å². The summed E-state index contributed by atoms with van der Waals surface area (Å²) in [4.78, 5) is 12.5. The maximum atomic E-state index is 12.5. The molecule has 0 saturated heterocycles. The zero-order chi connectivity index (χ0) is 18.4. The van der Waals surface area contributed by atoms with E-state index in [0.29, 0.717) is 17.9 Å². The maximum absolute atomic E-state index is 12.5. The highest BCUT2D eigenvalue weighted by atomic mass is 16.5. The number of nitrogens with one attached hydrogen (secondary N) is 1. The van der Waals surface area contributed by atoms with Crippen molar-refractivity contribution in [2.24, 2.45) is 0 Å². The number of hydrogen-bond acceptors (Lipinski definition) is 5. The number of hydrogen-bond donors (Lipinski definition) is 1. The SMILES string of the molecule is COc1ccc(CCNC(=O)c2cnoc2-c2ccc(OC)cc2)cc1.